The van der Waals surface area contributed by atoms with Crippen LogP contribution in [0.3, 0.4) is 0 Å². The van der Waals surface area contributed by atoms with E-state index >= 15 is 0 Å². The van der Waals surface area contributed by atoms with Crippen LogP contribution in [0.5, 0.6) is 0 Å². The molecule has 0 unspecified atom stereocenters. The Labute approximate surface area is 211 Å². The van der Waals surface area contributed by atoms with Crippen LogP contribution in [-0.4, -0.2) is 65.4 Å². The molecular formula is C28H56N6. The van der Waals surface area contributed by atoms with Gasteiger partial charge >= 0.3 is 0 Å². The maximum atomic E-state index is 3.58. The first-order valence-corrected chi connectivity index (χ1v) is 13.9. The Morgan fingerprint density at radius 1 is 0.500 bits per heavy atom. The molecule has 0 saturated heterocycles. The zero-order valence-corrected chi connectivity index (χ0v) is 22.8. The standard InChI is InChI=1S/C28H56N6/c1-25(2)21-31-16-6-12-29-14-8-18-33-23-27-10-5-11-28(20-27)24-34-19-9-15-30-13-7-17-32-22-26(3)4/h5,10-11,20,25-26,29-34H,6-9,12-19,21-24H2,1-4H3. The van der Waals surface area contributed by atoms with E-state index in [1.54, 1.807) is 0 Å². The molecule has 6 N–H and O–H groups in total. The molecule has 0 atom stereocenters. The molecule has 0 spiro atoms. The van der Waals surface area contributed by atoms with Gasteiger partial charge < -0.3 is 31.9 Å². The predicted molar refractivity (Wildman–Crippen MR) is 149 cm³/mol. The summed E-state index contributed by atoms with van der Waals surface area (Å²) in [6.45, 7) is 21.9. The normalized spacial score (nSPS) is 11.7. The van der Waals surface area contributed by atoms with Gasteiger partial charge in [-0.05, 0) is 114 Å². The van der Waals surface area contributed by atoms with E-state index in [9.17, 15) is 0 Å². The van der Waals surface area contributed by atoms with Crippen molar-refractivity contribution in [3.05, 3.63) is 35.4 Å². The molecule has 0 heterocycles. The Morgan fingerprint density at radius 2 is 0.853 bits per heavy atom. The third kappa shape index (κ3) is 20.4. The van der Waals surface area contributed by atoms with Crippen LogP contribution in [0.1, 0.15) is 64.5 Å². The number of hydrogen-bond donors (Lipinski definition) is 6. The van der Waals surface area contributed by atoms with Crippen molar-refractivity contribution in [3.8, 4) is 0 Å². The smallest absolute Gasteiger partial charge is 0.0205 e. The number of hydrogen-bond acceptors (Lipinski definition) is 6. The fourth-order valence-corrected chi connectivity index (χ4v) is 3.70. The minimum atomic E-state index is 0.737. The molecule has 0 amide bonds. The molecule has 1 aromatic carbocycles. The summed E-state index contributed by atoms with van der Waals surface area (Å²) in [5, 5.41) is 21.2. The van der Waals surface area contributed by atoms with E-state index in [0.717, 1.165) is 90.4 Å². The first kappa shape index (κ1) is 31.0. The quantitative estimate of drug-likeness (QED) is 0.129. The van der Waals surface area contributed by atoms with Crippen LogP contribution in [0, 0.1) is 11.8 Å². The fourth-order valence-electron chi connectivity index (χ4n) is 3.70. The number of rotatable bonds is 24. The van der Waals surface area contributed by atoms with Gasteiger partial charge in [0.15, 0.2) is 0 Å². The molecule has 1 aromatic rings. The van der Waals surface area contributed by atoms with Gasteiger partial charge in [0.1, 0.15) is 0 Å². The molecule has 198 valence electrons. The summed E-state index contributed by atoms with van der Waals surface area (Å²) >= 11 is 0. The van der Waals surface area contributed by atoms with E-state index in [0.29, 0.717) is 0 Å². The van der Waals surface area contributed by atoms with Gasteiger partial charge in [0.25, 0.3) is 0 Å². The lowest BCUT2D eigenvalue weighted by Crippen LogP contribution is -2.26. The van der Waals surface area contributed by atoms with E-state index in [1.165, 1.54) is 36.8 Å². The van der Waals surface area contributed by atoms with E-state index in [-0.39, 0.29) is 0 Å². The maximum Gasteiger partial charge on any atom is 0.0205 e. The van der Waals surface area contributed by atoms with Gasteiger partial charge in [0.05, 0.1) is 0 Å². The fraction of sp³-hybridized carbons (Fsp3) is 0.786. The third-order valence-electron chi connectivity index (χ3n) is 5.58. The summed E-state index contributed by atoms with van der Waals surface area (Å²) in [5.74, 6) is 1.47. The molecule has 6 heteroatoms. The second kappa shape index (κ2) is 22.4. The highest BCUT2D eigenvalue weighted by molar-refractivity contribution is 5.23. The largest absolute Gasteiger partial charge is 0.317 e. The van der Waals surface area contributed by atoms with Gasteiger partial charge in [-0.15, -0.1) is 0 Å². The Kier molecular flexibility index (Phi) is 20.5. The van der Waals surface area contributed by atoms with Crippen LogP contribution < -0.4 is 31.9 Å². The second-order valence-electron chi connectivity index (χ2n) is 10.3. The van der Waals surface area contributed by atoms with Gasteiger partial charge in [-0.1, -0.05) is 52.0 Å². The van der Waals surface area contributed by atoms with Crippen molar-refractivity contribution < 1.29 is 0 Å². The number of nitrogens with one attached hydrogen (secondary N) is 6. The average molecular weight is 477 g/mol. The van der Waals surface area contributed by atoms with Crippen molar-refractivity contribution >= 4 is 0 Å². The molecule has 0 fully saturated rings. The van der Waals surface area contributed by atoms with Crippen molar-refractivity contribution in [2.45, 2.75) is 66.5 Å². The SMILES string of the molecule is CC(C)CNCCCNCCCNCc1cccc(CNCCCNCCCNCC(C)C)c1. The van der Waals surface area contributed by atoms with Crippen molar-refractivity contribution in [3.63, 3.8) is 0 Å². The average Bonchev–Trinajstić information content (AvgIpc) is 2.81. The molecule has 0 aliphatic rings. The Bertz CT molecular complexity index is 518. The Hall–Kier alpha value is -1.02. The summed E-state index contributed by atoms with van der Waals surface area (Å²) in [7, 11) is 0. The summed E-state index contributed by atoms with van der Waals surface area (Å²) in [4.78, 5) is 0. The summed E-state index contributed by atoms with van der Waals surface area (Å²) < 4.78 is 0. The van der Waals surface area contributed by atoms with E-state index in [1.807, 2.05) is 0 Å². The van der Waals surface area contributed by atoms with Crippen LogP contribution in [0.2, 0.25) is 0 Å². The molecule has 0 aromatic heterocycles. The van der Waals surface area contributed by atoms with E-state index in [2.05, 4.69) is 83.9 Å². The zero-order chi connectivity index (χ0) is 24.7. The maximum absolute atomic E-state index is 3.58. The van der Waals surface area contributed by atoms with Gasteiger partial charge in [-0.2, -0.15) is 0 Å². The molecule has 6 nitrogen and oxygen atoms in total. The van der Waals surface area contributed by atoms with Gasteiger partial charge in [-0.25, -0.2) is 0 Å². The van der Waals surface area contributed by atoms with Crippen LogP contribution in [-0.2, 0) is 13.1 Å². The lowest BCUT2D eigenvalue weighted by molar-refractivity contribution is 0.524. The molecule has 0 aliphatic carbocycles. The van der Waals surface area contributed by atoms with Crippen LogP contribution >= 0.6 is 0 Å². The Balaban J connectivity index is 1.93. The molecule has 0 saturated carbocycles. The highest BCUT2D eigenvalue weighted by atomic mass is 14.9. The van der Waals surface area contributed by atoms with E-state index in [4.69, 9.17) is 0 Å². The molecular weight excluding hydrogens is 420 g/mol. The monoisotopic (exact) mass is 476 g/mol. The third-order valence-corrected chi connectivity index (χ3v) is 5.58. The van der Waals surface area contributed by atoms with Crippen LogP contribution in [0.4, 0.5) is 0 Å². The highest BCUT2D eigenvalue weighted by Gasteiger charge is 1.98. The zero-order valence-electron chi connectivity index (χ0n) is 22.8. The highest BCUT2D eigenvalue weighted by Crippen LogP contribution is 2.05. The first-order chi connectivity index (χ1) is 16.6. The molecule has 0 bridgehead atoms. The first-order valence-electron chi connectivity index (χ1n) is 13.9. The summed E-state index contributed by atoms with van der Waals surface area (Å²) in [5.41, 5.74) is 2.74. The lowest BCUT2D eigenvalue weighted by Gasteiger charge is -2.10. The molecule has 1 rings (SSSR count). The minimum Gasteiger partial charge on any atom is -0.317 e. The van der Waals surface area contributed by atoms with Crippen LogP contribution in [0.15, 0.2) is 24.3 Å². The molecule has 0 radical (unpaired) electrons. The van der Waals surface area contributed by atoms with Gasteiger partial charge in [0, 0.05) is 13.1 Å². The van der Waals surface area contributed by atoms with Crippen molar-refractivity contribution in [2.75, 3.05) is 65.4 Å². The second-order valence-corrected chi connectivity index (χ2v) is 10.3. The van der Waals surface area contributed by atoms with Crippen molar-refractivity contribution in [1.29, 1.82) is 0 Å². The van der Waals surface area contributed by atoms with Crippen LogP contribution in [0.25, 0.3) is 0 Å². The summed E-state index contributed by atoms with van der Waals surface area (Å²) in [6, 6.07) is 8.94. The van der Waals surface area contributed by atoms with Crippen molar-refractivity contribution in [2.24, 2.45) is 11.8 Å². The minimum absolute atomic E-state index is 0.737. The van der Waals surface area contributed by atoms with Gasteiger partial charge in [-0.3, -0.25) is 0 Å². The molecule has 34 heavy (non-hydrogen) atoms. The lowest BCUT2D eigenvalue weighted by atomic mass is 10.1. The number of benzene rings is 1. The Morgan fingerprint density at radius 3 is 1.24 bits per heavy atom. The topological polar surface area (TPSA) is 72.2 Å². The molecule has 0 aliphatic heterocycles. The summed E-state index contributed by atoms with van der Waals surface area (Å²) in [6.07, 6.45) is 4.74. The van der Waals surface area contributed by atoms with Crippen molar-refractivity contribution in [1.82, 2.24) is 31.9 Å². The van der Waals surface area contributed by atoms with Gasteiger partial charge in [0.2, 0.25) is 0 Å². The predicted octanol–water partition coefficient (Wildman–Crippen LogP) is 3.10. The van der Waals surface area contributed by atoms with E-state index < -0.39 is 0 Å².